The van der Waals surface area contributed by atoms with Crippen LogP contribution in [0.25, 0.3) is 0 Å². The molecule has 0 saturated carbocycles. The lowest BCUT2D eigenvalue weighted by atomic mass is 10.1. The average molecular weight is 241 g/mol. The van der Waals surface area contributed by atoms with Crippen molar-refractivity contribution in [2.75, 3.05) is 0 Å². The summed E-state index contributed by atoms with van der Waals surface area (Å²) in [7, 11) is 0. The second-order valence-corrected chi connectivity index (χ2v) is 4.22. The van der Waals surface area contributed by atoms with Crippen molar-refractivity contribution in [3.05, 3.63) is 59.5 Å². The number of nitrogens with zero attached hydrogens (tertiary/aromatic N) is 1. The van der Waals surface area contributed by atoms with Gasteiger partial charge >= 0.3 is 0 Å². The minimum absolute atomic E-state index is 0.264. The molecule has 18 heavy (non-hydrogen) atoms. The predicted molar refractivity (Wildman–Crippen MR) is 64.1 cm³/mol. The normalized spacial score (nSPS) is 15.9. The Morgan fingerprint density at radius 2 is 1.61 bits per heavy atom. The van der Waals surface area contributed by atoms with Crippen molar-refractivity contribution in [2.24, 2.45) is 0 Å². The van der Waals surface area contributed by atoms with Crippen LogP contribution in [0.15, 0.2) is 47.1 Å². The number of imide groups is 1. The summed E-state index contributed by atoms with van der Waals surface area (Å²) in [5.74, 6) is 0.0727. The number of hydrogen-bond donors (Lipinski definition) is 0. The Hall–Kier alpha value is -2.36. The summed E-state index contributed by atoms with van der Waals surface area (Å²) in [5, 5.41) is 0. The number of benzene rings is 1. The van der Waals surface area contributed by atoms with Gasteiger partial charge in [0, 0.05) is 0 Å². The third kappa shape index (κ3) is 1.39. The number of amides is 2. The SMILES string of the molecule is CC(c1ccco1)N1C(=O)c2ccccc2C1=O. The van der Waals surface area contributed by atoms with Crippen molar-refractivity contribution in [3.63, 3.8) is 0 Å². The lowest BCUT2D eigenvalue weighted by Crippen LogP contribution is -2.32. The van der Waals surface area contributed by atoms with Gasteiger partial charge in [0.05, 0.1) is 23.4 Å². The molecule has 0 fully saturated rings. The Labute approximate surface area is 104 Å². The third-order valence-corrected chi connectivity index (χ3v) is 3.17. The Bertz CT molecular complexity index is 581. The first kappa shape index (κ1) is 10.8. The molecule has 0 radical (unpaired) electrons. The zero-order valence-corrected chi connectivity index (χ0v) is 9.79. The largest absolute Gasteiger partial charge is 0.467 e. The summed E-state index contributed by atoms with van der Waals surface area (Å²) in [4.78, 5) is 25.7. The Kier molecular flexibility index (Phi) is 2.30. The molecule has 2 amide bonds. The monoisotopic (exact) mass is 241 g/mol. The van der Waals surface area contributed by atoms with E-state index in [-0.39, 0.29) is 11.8 Å². The molecule has 1 aliphatic heterocycles. The molecule has 3 rings (SSSR count). The van der Waals surface area contributed by atoms with Gasteiger partial charge in [0.1, 0.15) is 5.76 Å². The van der Waals surface area contributed by atoms with E-state index >= 15 is 0 Å². The van der Waals surface area contributed by atoms with Crippen LogP contribution in [0, 0.1) is 0 Å². The lowest BCUT2D eigenvalue weighted by molar-refractivity contribution is 0.0578. The number of rotatable bonds is 2. The molecule has 2 aromatic rings. The van der Waals surface area contributed by atoms with Gasteiger partial charge in [-0.1, -0.05) is 12.1 Å². The van der Waals surface area contributed by atoms with Crippen LogP contribution in [-0.4, -0.2) is 16.7 Å². The molecule has 1 aromatic heterocycles. The van der Waals surface area contributed by atoms with Gasteiger partial charge in [-0.05, 0) is 31.2 Å². The zero-order valence-electron chi connectivity index (χ0n) is 9.79. The van der Waals surface area contributed by atoms with Crippen molar-refractivity contribution in [3.8, 4) is 0 Å². The molecule has 1 atom stereocenters. The van der Waals surface area contributed by atoms with E-state index in [1.165, 1.54) is 11.2 Å². The molecule has 90 valence electrons. The molecule has 0 spiro atoms. The van der Waals surface area contributed by atoms with Gasteiger partial charge in [-0.15, -0.1) is 0 Å². The van der Waals surface area contributed by atoms with Crippen LogP contribution >= 0.6 is 0 Å². The molecule has 0 aliphatic carbocycles. The molecule has 2 heterocycles. The van der Waals surface area contributed by atoms with Gasteiger partial charge in [-0.2, -0.15) is 0 Å². The summed E-state index contributed by atoms with van der Waals surface area (Å²) in [6.07, 6.45) is 1.53. The second kappa shape index (κ2) is 3.84. The van der Waals surface area contributed by atoms with Crippen LogP contribution in [-0.2, 0) is 0 Å². The zero-order chi connectivity index (χ0) is 12.7. The Morgan fingerprint density at radius 3 is 2.11 bits per heavy atom. The minimum Gasteiger partial charge on any atom is -0.467 e. The van der Waals surface area contributed by atoms with Gasteiger partial charge in [-0.3, -0.25) is 14.5 Å². The fraction of sp³-hybridized carbons (Fsp3) is 0.143. The molecule has 0 bridgehead atoms. The molecule has 1 aliphatic rings. The predicted octanol–water partition coefficient (Wildman–Crippen LogP) is 2.64. The molecule has 1 unspecified atom stereocenters. The minimum atomic E-state index is -0.396. The first-order valence-corrected chi connectivity index (χ1v) is 5.70. The van der Waals surface area contributed by atoms with Crippen LogP contribution in [0.2, 0.25) is 0 Å². The van der Waals surface area contributed by atoms with E-state index in [0.29, 0.717) is 16.9 Å². The molecule has 4 nitrogen and oxygen atoms in total. The van der Waals surface area contributed by atoms with Crippen molar-refractivity contribution < 1.29 is 14.0 Å². The summed E-state index contributed by atoms with van der Waals surface area (Å²) < 4.78 is 5.26. The van der Waals surface area contributed by atoms with Gasteiger partial charge < -0.3 is 4.42 Å². The van der Waals surface area contributed by atoms with Crippen LogP contribution in [0.3, 0.4) is 0 Å². The van der Waals surface area contributed by atoms with E-state index < -0.39 is 6.04 Å². The summed E-state index contributed by atoms with van der Waals surface area (Å²) in [5.41, 5.74) is 0.918. The number of furan rings is 1. The molecule has 1 aromatic carbocycles. The van der Waals surface area contributed by atoms with Gasteiger partial charge in [-0.25, -0.2) is 0 Å². The van der Waals surface area contributed by atoms with Crippen LogP contribution in [0.5, 0.6) is 0 Å². The molecule has 4 heteroatoms. The molecule has 0 saturated heterocycles. The Balaban J connectivity index is 2.02. The Morgan fingerprint density at radius 1 is 1.00 bits per heavy atom. The number of hydrogen-bond acceptors (Lipinski definition) is 3. The van der Waals surface area contributed by atoms with Crippen LogP contribution in [0.4, 0.5) is 0 Å². The van der Waals surface area contributed by atoms with Crippen LogP contribution in [0.1, 0.15) is 39.4 Å². The highest BCUT2D eigenvalue weighted by Gasteiger charge is 2.39. The number of carbonyl (C=O) groups excluding carboxylic acids is 2. The van der Waals surface area contributed by atoms with E-state index in [2.05, 4.69) is 0 Å². The third-order valence-electron chi connectivity index (χ3n) is 3.17. The molecular weight excluding hydrogens is 230 g/mol. The van der Waals surface area contributed by atoms with E-state index in [0.717, 1.165) is 0 Å². The maximum Gasteiger partial charge on any atom is 0.262 e. The van der Waals surface area contributed by atoms with Crippen LogP contribution < -0.4 is 0 Å². The number of carbonyl (C=O) groups is 2. The van der Waals surface area contributed by atoms with Gasteiger partial charge in [0.2, 0.25) is 0 Å². The standard InChI is InChI=1S/C14H11NO3/c1-9(12-7-4-8-18-12)15-13(16)10-5-2-3-6-11(10)14(15)17/h2-9H,1H3. The van der Waals surface area contributed by atoms with Crippen molar-refractivity contribution >= 4 is 11.8 Å². The second-order valence-electron chi connectivity index (χ2n) is 4.22. The fourth-order valence-electron chi connectivity index (χ4n) is 2.22. The topological polar surface area (TPSA) is 50.5 Å². The van der Waals surface area contributed by atoms with E-state index in [1.54, 1.807) is 43.3 Å². The molecular formula is C14H11NO3. The fourth-order valence-corrected chi connectivity index (χ4v) is 2.22. The smallest absolute Gasteiger partial charge is 0.262 e. The summed E-state index contributed by atoms with van der Waals surface area (Å²) >= 11 is 0. The highest BCUT2D eigenvalue weighted by Crippen LogP contribution is 2.30. The van der Waals surface area contributed by atoms with E-state index in [4.69, 9.17) is 4.42 Å². The van der Waals surface area contributed by atoms with E-state index in [9.17, 15) is 9.59 Å². The lowest BCUT2D eigenvalue weighted by Gasteiger charge is -2.20. The summed E-state index contributed by atoms with van der Waals surface area (Å²) in [6.45, 7) is 1.78. The highest BCUT2D eigenvalue weighted by atomic mass is 16.3. The highest BCUT2D eigenvalue weighted by molar-refractivity contribution is 6.21. The van der Waals surface area contributed by atoms with Crippen molar-refractivity contribution in [2.45, 2.75) is 13.0 Å². The summed E-state index contributed by atoms with van der Waals surface area (Å²) in [6, 6.07) is 9.95. The molecule has 0 N–H and O–H groups in total. The average Bonchev–Trinajstić information content (AvgIpc) is 2.99. The first-order valence-electron chi connectivity index (χ1n) is 5.70. The first-order chi connectivity index (χ1) is 8.70. The quantitative estimate of drug-likeness (QED) is 0.759. The van der Waals surface area contributed by atoms with Gasteiger partial charge in [0.15, 0.2) is 0 Å². The number of fused-ring (bicyclic) bond motifs is 1. The van der Waals surface area contributed by atoms with E-state index in [1.807, 2.05) is 0 Å². The maximum absolute atomic E-state index is 12.2. The van der Waals surface area contributed by atoms with Crippen molar-refractivity contribution in [1.82, 2.24) is 4.90 Å². The van der Waals surface area contributed by atoms with Crippen molar-refractivity contribution in [1.29, 1.82) is 0 Å². The maximum atomic E-state index is 12.2. The van der Waals surface area contributed by atoms with Gasteiger partial charge in [0.25, 0.3) is 11.8 Å².